The van der Waals surface area contributed by atoms with Crippen molar-refractivity contribution in [3.05, 3.63) is 54.3 Å². The molecule has 33 heavy (non-hydrogen) atoms. The highest BCUT2D eigenvalue weighted by molar-refractivity contribution is 5.90. The molecule has 0 aliphatic rings. The summed E-state index contributed by atoms with van der Waals surface area (Å²) in [6.07, 6.45) is 4.55. The van der Waals surface area contributed by atoms with Crippen molar-refractivity contribution in [3.63, 3.8) is 0 Å². The molecule has 0 saturated heterocycles. The highest BCUT2D eigenvalue weighted by Crippen LogP contribution is 2.23. The number of oxazole rings is 1. The number of pyridine rings is 1. The molecule has 1 unspecified atom stereocenters. The maximum atomic E-state index is 12.0. The number of aromatic nitrogens is 7. The van der Waals surface area contributed by atoms with Gasteiger partial charge in [-0.15, -0.1) is 5.10 Å². The molecular formula is C21H22N8O4. The second kappa shape index (κ2) is 10.1. The second-order valence-corrected chi connectivity index (χ2v) is 7.01. The van der Waals surface area contributed by atoms with Crippen LogP contribution < -0.4 is 5.32 Å². The van der Waals surface area contributed by atoms with Gasteiger partial charge in [0.1, 0.15) is 24.3 Å². The molecule has 4 rings (SSSR count). The molecule has 4 aromatic heterocycles. The summed E-state index contributed by atoms with van der Waals surface area (Å²) in [5, 5.41) is 11.0. The number of hydrogen-bond donors (Lipinski definition) is 1. The molecule has 0 fully saturated rings. The summed E-state index contributed by atoms with van der Waals surface area (Å²) in [4.78, 5) is 29.4. The molecule has 1 N–H and O–H groups in total. The molecule has 1 amide bonds. The first-order valence-electron chi connectivity index (χ1n) is 10.0. The first-order valence-corrected chi connectivity index (χ1v) is 10.0. The molecule has 0 saturated carbocycles. The van der Waals surface area contributed by atoms with Crippen LogP contribution in [0.15, 0.2) is 47.3 Å². The van der Waals surface area contributed by atoms with Gasteiger partial charge >= 0.3 is 0 Å². The van der Waals surface area contributed by atoms with Crippen molar-refractivity contribution in [2.24, 2.45) is 0 Å². The van der Waals surface area contributed by atoms with E-state index in [1.54, 1.807) is 24.1 Å². The molecule has 0 spiro atoms. The number of rotatable bonds is 9. The minimum atomic E-state index is -0.395. The van der Waals surface area contributed by atoms with Gasteiger partial charge in [-0.25, -0.2) is 19.6 Å². The van der Waals surface area contributed by atoms with Gasteiger partial charge < -0.3 is 13.9 Å². The van der Waals surface area contributed by atoms with Crippen molar-refractivity contribution >= 4 is 11.9 Å². The lowest BCUT2D eigenvalue weighted by Gasteiger charge is -2.10. The van der Waals surface area contributed by atoms with E-state index in [0.717, 1.165) is 11.4 Å². The lowest BCUT2D eigenvalue weighted by atomic mass is 10.2. The van der Waals surface area contributed by atoms with Gasteiger partial charge in [0.2, 0.25) is 11.8 Å². The SMILES string of the molecule is COCC(=O)Nc1nc(-c2cn(Cc3cccc(C(C)OC)n3)nn2)cc(-c2ncco2)n1. The summed E-state index contributed by atoms with van der Waals surface area (Å²) in [6, 6.07) is 7.40. The number of nitrogens with one attached hydrogen (secondary N) is 1. The van der Waals surface area contributed by atoms with Crippen LogP contribution in [0.5, 0.6) is 0 Å². The zero-order valence-corrected chi connectivity index (χ0v) is 18.3. The molecule has 1 atom stereocenters. The first kappa shape index (κ1) is 22.2. The van der Waals surface area contributed by atoms with Gasteiger partial charge in [0.05, 0.1) is 42.1 Å². The van der Waals surface area contributed by atoms with E-state index in [1.165, 1.54) is 19.6 Å². The largest absolute Gasteiger partial charge is 0.443 e. The third-order valence-corrected chi connectivity index (χ3v) is 4.63. The standard InChI is InChI=1S/C21H22N8O4/c1-13(32-3)15-6-4-5-14(23-15)10-29-11-18(27-28-29)16-9-17(20-22-7-8-33-20)25-21(24-16)26-19(30)12-31-2/h4-9,11,13H,10,12H2,1-3H3,(H,24,25,26,30). The lowest BCUT2D eigenvalue weighted by molar-refractivity contribution is -0.119. The van der Waals surface area contributed by atoms with Gasteiger partial charge in [-0.3, -0.25) is 15.1 Å². The number of anilines is 1. The Balaban J connectivity index is 1.61. The Morgan fingerprint density at radius 3 is 2.79 bits per heavy atom. The van der Waals surface area contributed by atoms with Crippen molar-refractivity contribution in [2.45, 2.75) is 19.6 Å². The molecule has 12 nitrogen and oxygen atoms in total. The van der Waals surface area contributed by atoms with Crippen LogP contribution in [0.4, 0.5) is 5.95 Å². The monoisotopic (exact) mass is 450 g/mol. The normalized spacial score (nSPS) is 12.0. The summed E-state index contributed by atoms with van der Waals surface area (Å²) in [6.45, 7) is 2.21. The molecular weight excluding hydrogens is 428 g/mol. The Hall–Kier alpha value is -4.03. The van der Waals surface area contributed by atoms with E-state index >= 15 is 0 Å². The maximum Gasteiger partial charge on any atom is 0.252 e. The van der Waals surface area contributed by atoms with Crippen LogP contribution in [0, 0.1) is 0 Å². The fourth-order valence-corrected chi connectivity index (χ4v) is 2.98. The fraction of sp³-hybridized carbons (Fsp3) is 0.286. The van der Waals surface area contributed by atoms with Crippen molar-refractivity contribution in [3.8, 4) is 23.0 Å². The fourth-order valence-electron chi connectivity index (χ4n) is 2.98. The van der Waals surface area contributed by atoms with Gasteiger partial charge in [0.25, 0.3) is 5.91 Å². The third kappa shape index (κ3) is 5.42. The molecule has 0 radical (unpaired) electrons. The maximum absolute atomic E-state index is 12.0. The molecule has 12 heteroatoms. The smallest absolute Gasteiger partial charge is 0.252 e. The van der Waals surface area contributed by atoms with Crippen molar-refractivity contribution in [2.75, 3.05) is 26.1 Å². The number of methoxy groups -OCH3 is 2. The highest BCUT2D eigenvalue weighted by atomic mass is 16.5. The van der Waals surface area contributed by atoms with E-state index in [2.05, 4.69) is 35.6 Å². The quantitative estimate of drug-likeness (QED) is 0.403. The van der Waals surface area contributed by atoms with Crippen LogP contribution in [-0.4, -0.2) is 61.7 Å². The van der Waals surface area contributed by atoms with Crippen molar-refractivity contribution in [1.29, 1.82) is 0 Å². The highest BCUT2D eigenvalue weighted by Gasteiger charge is 2.16. The topological polar surface area (TPSA) is 143 Å². The number of carbonyl (C=O) groups is 1. The molecule has 4 aromatic rings. The van der Waals surface area contributed by atoms with E-state index in [0.29, 0.717) is 23.6 Å². The van der Waals surface area contributed by atoms with Crippen LogP contribution in [0.1, 0.15) is 24.4 Å². The molecule has 170 valence electrons. The average molecular weight is 450 g/mol. The summed E-state index contributed by atoms with van der Waals surface area (Å²) in [7, 11) is 3.07. The lowest BCUT2D eigenvalue weighted by Crippen LogP contribution is -2.19. The van der Waals surface area contributed by atoms with Gasteiger partial charge in [-0.2, -0.15) is 0 Å². The Morgan fingerprint density at radius 1 is 1.18 bits per heavy atom. The van der Waals surface area contributed by atoms with Crippen LogP contribution in [0.2, 0.25) is 0 Å². The number of hydrogen-bond acceptors (Lipinski definition) is 10. The van der Waals surface area contributed by atoms with Gasteiger partial charge in [-0.1, -0.05) is 11.3 Å². The summed E-state index contributed by atoms with van der Waals surface area (Å²) in [5.41, 5.74) is 2.94. The van der Waals surface area contributed by atoms with E-state index in [-0.39, 0.29) is 24.5 Å². The Morgan fingerprint density at radius 2 is 2.03 bits per heavy atom. The van der Waals surface area contributed by atoms with Gasteiger partial charge in [0, 0.05) is 14.2 Å². The van der Waals surface area contributed by atoms with E-state index < -0.39 is 5.91 Å². The zero-order valence-electron chi connectivity index (χ0n) is 18.3. The van der Waals surface area contributed by atoms with Gasteiger partial charge in [0.15, 0.2) is 0 Å². The minimum Gasteiger partial charge on any atom is -0.443 e. The number of ether oxygens (including phenoxy) is 2. The number of carbonyl (C=O) groups excluding carboxylic acids is 1. The Kier molecular flexibility index (Phi) is 6.76. The number of amides is 1. The average Bonchev–Trinajstić information content (AvgIpc) is 3.51. The van der Waals surface area contributed by atoms with Crippen LogP contribution in [0.3, 0.4) is 0 Å². The predicted octanol–water partition coefficient (Wildman–Crippen LogP) is 2.13. The molecule has 0 bridgehead atoms. The van der Waals surface area contributed by atoms with E-state index in [4.69, 9.17) is 13.9 Å². The van der Waals surface area contributed by atoms with Crippen molar-refractivity contribution in [1.82, 2.24) is 34.9 Å². The Labute approximate surface area is 189 Å². The van der Waals surface area contributed by atoms with E-state index in [9.17, 15) is 4.79 Å². The number of nitrogens with zero attached hydrogens (tertiary/aromatic N) is 7. The molecule has 0 aliphatic carbocycles. The van der Waals surface area contributed by atoms with Gasteiger partial charge in [-0.05, 0) is 25.1 Å². The molecule has 4 heterocycles. The zero-order chi connectivity index (χ0) is 23.2. The summed E-state index contributed by atoms with van der Waals surface area (Å²) in [5.74, 6) is -0.0466. The van der Waals surface area contributed by atoms with Crippen molar-refractivity contribution < 1.29 is 18.7 Å². The third-order valence-electron chi connectivity index (χ3n) is 4.63. The second-order valence-electron chi connectivity index (χ2n) is 7.01. The van der Waals surface area contributed by atoms with E-state index in [1.807, 2.05) is 25.1 Å². The molecule has 0 aromatic carbocycles. The predicted molar refractivity (Wildman–Crippen MR) is 116 cm³/mol. The van der Waals surface area contributed by atoms with Crippen LogP contribution in [-0.2, 0) is 20.8 Å². The minimum absolute atomic E-state index is 0.0696. The molecule has 0 aliphatic heterocycles. The summed E-state index contributed by atoms with van der Waals surface area (Å²) < 4.78 is 17.2. The Bertz CT molecular complexity index is 1220. The first-order chi connectivity index (χ1) is 16.1. The van der Waals surface area contributed by atoms with Crippen LogP contribution in [0.25, 0.3) is 23.0 Å². The van der Waals surface area contributed by atoms with Crippen LogP contribution >= 0.6 is 0 Å². The summed E-state index contributed by atoms with van der Waals surface area (Å²) >= 11 is 0.